The monoisotopic (exact) mass is 427 g/mol. The summed E-state index contributed by atoms with van der Waals surface area (Å²) < 4.78 is 36.2. The lowest BCUT2D eigenvalue weighted by molar-refractivity contribution is -0.153. The van der Waals surface area contributed by atoms with Gasteiger partial charge in [-0.1, -0.05) is 24.3 Å². The van der Waals surface area contributed by atoms with Gasteiger partial charge in [0.05, 0.1) is 7.11 Å². The van der Waals surface area contributed by atoms with Crippen molar-refractivity contribution in [2.24, 2.45) is 0 Å². The number of methoxy groups -OCH3 is 1. The Morgan fingerprint density at radius 3 is 2.65 bits per heavy atom. The molecule has 1 aromatic heterocycles. The summed E-state index contributed by atoms with van der Waals surface area (Å²) >= 11 is 0. The second kappa shape index (κ2) is 10.2. The molecular weight excluding hydrogens is 401 g/mol. The molecule has 0 aliphatic rings. The Labute approximate surface area is 181 Å². The van der Waals surface area contributed by atoms with Crippen molar-refractivity contribution in [2.75, 3.05) is 13.7 Å². The molecule has 0 aliphatic heterocycles. The predicted molar refractivity (Wildman–Crippen MR) is 113 cm³/mol. The molecule has 6 nitrogen and oxygen atoms in total. The number of carbonyl (C=O) groups is 1. The predicted octanol–water partition coefficient (Wildman–Crippen LogP) is 4.80. The molecule has 0 N–H and O–H groups in total. The van der Waals surface area contributed by atoms with Crippen molar-refractivity contribution < 1.29 is 27.8 Å². The molecule has 0 aliphatic carbocycles. The molecule has 0 fully saturated rings. The zero-order chi connectivity index (χ0) is 22.4. The third-order valence-electron chi connectivity index (χ3n) is 4.91. The number of aryl methyl sites for hydroxylation is 2. The Balaban J connectivity index is 1.68. The van der Waals surface area contributed by atoms with E-state index in [1.165, 1.54) is 13.2 Å². The Hall–Kier alpha value is -3.19. The molecule has 3 aromatic rings. The number of carbonyl (C=O) groups excluding carboxylic acids is 1. The van der Waals surface area contributed by atoms with Gasteiger partial charge < -0.3 is 18.6 Å². The van der Waals surface area contributed by atoms with Crippen molar-refractivity contribution >= 4 is 5.97 Å². The van der Waals surface area contributed by atoms with E-state index >= 15 is 0 Å². The number of aromatic nitrogens is 1. The molecule has 0 radical (unpaired) electrons. The quantitative estimate of drug-likeness (QED) is 0.457. The van der Waals surface area contributed by atoms with E-state index in [-0.39, 0.29) is 13.0 Å². The summed E-state index contributed by atoms with van der Waals surface area (Å²) in [5.41, 5.74) is 2.97. The van der Waals surface area contributed by atoms with Crippen molar-refractivity contribution in [2.45, 2.75) is 39.9 Å². The smallest absolute Gasteiger partial charge is 0.335 e. The van der Waals surface area contributed by atoms with E-state index in [0.29, 0.717) is 35.3 Å². The average Bonchev–Trinajstić information content (AvgIpc) is 3.13. The van der Waals surface area contributed by atoms with E-state index in [4.69, 9.17) is 18.6 Å². The molecule has 0 amide bonds. The molecule has 3 rings (SSSR count). The van der Waals surface area contributed by atoms with E-state index in [0.717, 1.165) is 11.1 Å². The highest BCUT2D eigenvalue weighted by Gasteiger charge is 2.22. The van der Waals surface area contributed by atoms with E-state index in [1.807, 2.05) is 38.1 Å². The summed E-state index contributed by atoms with van der Waals surface area (Å²) in [6, 6.07) is 12.3. The summed E-state index contributed by atoms with van der Waals surface area (Å²) in [4.78, 5) is 16.3. The molecule has 1 heterocycles. The van der Waals surface area contributed by atoms with Crippen LogP contribution in [0.1, 0.15) is 29.5 Å². The number of benzene rings is 2. The van der Waals surface area contributed by atoms with E-state index in [1.54, 1.807) is 19.1 Å². The first-order chi connectivity index (χ1) is 14.9. The van der Waals surface area contributed by atoms with Gasteiger partial charge in [0.15, 0.2) is 6.10 Å². The van der Waals surface area contributed by atoms with Gasteiger partial charge in [-0.15, -0.1) is 0 Å². The van der Waals surface area contributed by atoms with Gasteiger partial charge >= 0.3 is 5.97 Å². The fourth-order valence-electron chi connectivity index (χ4n) is 3.17. The van der Waals surface area contributed by atoms with Gasteiger partial charge in [0, 0.05) is 24.7 Å². The van der Waals surface area contributed by atoms with Crippen LogP contribution < -0.4 is 4.74 Å². The highest BCUT2D eigenvalue weighted by Crippen LogP contribution is 2.26. The van der Waals surface area contributed by atoms with E-state index in [9.17, 15) is 9.18 Å². The molecule has 0 saturated heterocycles. The van der Waals surface area contributed by atoms with Crippen molar-refractivity contribution in [1.29, 1.82) is 0 Å². The number of hydrogen-bond acceptors (Lipinski definition) is 6. The number of esters is 1. The number of ether oxygens (including phenoxy) is 3. The standard InChI is InChI=1S/C24H26FNO5/c1-5-29-22(24(27)28-4)12-17-10-11-18(13-20(17)25)30-14-21-16(3)31-23(26-21)19-9-7-6-8-15(19)2/h6-11,13,22H,5,12,14H2,1-4H3/t22-/m0/s1. The molecule has 31 heavy (non-hydrogen) atoms. The third-order valence-corrected chi connectivity index (χ3v) is 4.91. The number of rotatable bonds is 9. The first kappa shape index (κ1) is 22.5. The van der Waals surface area contributed by atoms with E-state index < -0.39 is 17.9 Å². The van der Waals surface area contributed by atoms with Gasteiger partial charge in [-0.05, 0) is 44.0 Å². The van der Waals surface area contributed by atoms with Crippen LogP contribution >= 0.6 is 0 Å². The lowest BCUT2D eigenvalue weighted by Crippen LogP contribution is -2.28. The number of halogens is 1. The zero-order valence-electron chi connectivity index (χ0n) is 18.1. The SMILES string of the molecule is CCO[C@@H](Cc1ccc(OCc2nc(-c3ccccc3C)oc2C)cc1F)C(=O)OC. The van der Waals surface area contributed by atoms with Crippen LogP contribution in [0.5, 0.6) is 5.75 Å². The molecule has 7 heteroatoms. The largest absolute Gasteiger partial charge is 0.487 e. The molecule has 164 valence electrons. The molecule has 0 saturated carbocycles. The second-order valence-electron chi connectivity index (χ2n) is 7.05. The lowest BCUT2D eigenvalue weighted by Gasteiger charge is -2.15. The zero-order valence-corrected chi connectivity index (χ0v) is 18.1. The summed E-state index contributed by atoms with van der Waals surface area (Å²) in [5.74, 6) is 0.511. The molecule has 1 atom stereocenters. The lowest BCUT2D eigenvalue weighted by atomic mass is 10.1. The topological polar surface area (TPSA) is 70.8 Å². The molecular formula is C24H26FNO5. The van der Waals surface area contributed by atoms with Crippen molar-refractivity contribution in [3.8, 4) is 17.2 Å². The Bertz CT molecular complexity index is 1050. The van der Waals surface area contributed by atoms with Gasteiger partial charge in [0.1, 0.15) is 29.6 Å². The fourth-order valence-corrected chi connectivity index (χ4v) is 3.17. The Kier molecular flexibility index (Phi) is 7.41. The van der Waals surface area contributed by atoms with Crippen LogP contribution in [0.15, 0.2) is 46.9 Å². The van der Waals surface area contributed by atoms with Crippen LogP contribution in [0.2, 0.25) is 0 Å². The second-order valence-corrected chi connectivity index (χ2v) is 7.05. The summed E-state index contributed by atoms with van der Waals surface area (Å²) in [7, 11) is 1.28. The molecule has 0 spiro atoms. The normalized spacial score (nSPS) is 11.9. The maximum atomic E-state index is 14.6. The minimum Gasteiger partial charge on any atom is -0.487 e. The van der Waals surface area contributed by atoms with Crippen molar-refractivity contribution in [1.82, 2.24) is 4.98 Å². The minimum absolute atomic E-state index is 0.0782. The van der Waals surface area contributed by atoms with Crippen LogP contribution in [-0.2, 0) is 27.3 Å². The fraction of sp³-hybridized carbons (Fsp3) is 0.333. The number of oxazole rings is 1. The van der Waals surface area contributed by atoms with Crippen LogP contribution in [0, 0.1) is 19.7 Å². The van der Waals surface area contributed by atoms with Gasteiger partial charge in [-0.3, -0.25) is 0 Å². The van der Waals surface area contributed by atoms with Crippen LogP contribution in [0.3, 0.4) is 0 Å². The van der Waals surface area contributed by atoms with Gasteiger partial charge in [0.25, 0.3) is 0 Å². The highest BCUT2D eigenvalue weighted by molar-refractivity contribution is 5.75. The molecule has 0 bridgehead atoms. The van der Waals surface area contributed by atoms with Crippen LogP contribution in [0.25, 0.3) is 11.5 Å². The Morgan fingerprint density at radius 1 is 1.19 bits per heavy atom. The average molecular weight is 427 g/mol. The highest BCUT2D eigenvalue weighted by atomic mass is 19.1. The summed E-state index contributed by atoms with van der Waals surface area (Å²) in [6.45, 7) is 6.04. The molecule has 0 unspecified atom stereocenters. The first-order valence-electron chi connectivity index (χ1n) is 10.1. The number of nitrogens with zero attached hydrogens (tertiary/aromatic N) is 1. The van der Waals surface area contributed by atoms with Gasteiger partial charge in [-0.25, -0.2) is 14.2 Å². The van der Waals surface area contributed by atoms with Crippen LogP contribution in [0.4, 0.5) is 4.39 Å². The third kappa shape index (κ3) is 5.49. The van der Waals surface area contributed by atoms with Gasteiger partial charge in [-0.2, -0.15) is 0 Å². The maximum Gasteiger partial charge on any atom is 0.335 e. The Morgan fingerprint density at radius 2 is 1.97 bits per heavy atom. The summed E-state index contributed by atoms with van der Waals surface area (Å²) in [5, 5.41) is 0. The first-order valence-corrected chi connectivity index (χ1v) is 10.1. The minimum atomic E-state index is -0.853. The maximum absolute atomic E-state index is 14.6. The van der Waals surface area contributed by atoms with Gasteiger partial charge in [0.2, 0.25) is 5.89 Å². The van der Waals surface area contributed by atoms with Crippen LogP contribution in [-0.4, -0.2) is 30.8 Å². The van der Waals surface area contributed by atoms with Crippen molar-refractivity contribution in [3.05, 3.63) is 70.9 Å². The van der Waals surface area contributed by atoms with E-state index in [2.05, 4.69) is 4.98 Å². The van der Waals surface area contributed by atoms with Crippen molar-refractivity contribution in [3.63, 3.8) is 0 Å². The number of hydrogen-bond donors (Lipinski definition) is 0. The summed E-state index contributed by atoms with van der Waals surface area (Å²) in [6.07, 6.45) is -0.775. The molecule has 2 aromatic carbocycles.